The number of carbonyl (C=O) groups is 2. The van der Waals surface area contributed by atoms with Crippen LogP contribution in [0.25, 0.3) is 44.3 Å². The van der Waals surface area contributed by atoms with Gasteiger partial charge in [-0.1, -0.05) is 12.1 Å². The molecule has 1 saturated heterocycles. The largest absolute Gasteiger partial charge is 0.352 e. The molecule has 9 heteroatoms. The van der Waals surface area contributed by atoms with E-state index in [0.29, 0.717) is 53.7 Å². The second-order valence-electron chi connectivity index (χ2n) is 9.36. The summed E-state index contributed by atoms with van der Waals surface area (Å²) in [5, 5.41) is 4.36. The monoisotopic (exact) mass is 508 g/mol. The quantitative estimate of drug-likeness (QED) is 0.310. The van der Waals surface area contributed by atoms with E-state index < -0.39 is 5.82 Å². The van der Waals surface area contributed by atoms with E-state index in [1.165, 1.54) is 6.20 Å². The Bertz CT molecular complexity index is 1650. The Kier molecular flexibility index (Phi) is 6.25. The van der Waals surface area contributed by atoms with E-state index in [4.69, 9.17) is 0 Å². The van der Waals surface area contributed by atoms with E-state index in [-0.39, 0.29) is 11.8 Å². The summed E-state index contributed by atoms with van der Waals surface area (Å²) in [7, 11) is 0. The third-order valence-corrected chi connectivity index (χ3v) is 6.91. The van der Waals surface area contributed by atoms with Crippen LogP contribution in [0.1, 0.15) is 29.6 Å². The molecular weight excluding hydrogens is 483 g/mol. The van der Waals surface area contributed by atoms with Crippen LogP contribution in [0.4, 0.5) is 4.39 Å². The van der Waals surface area contributed by atoms with E-state index >= 15 is 4.39 Å². The fourth-order valence-corrected chi connectivity index (χ4v) is 4.99. The van der Waals surface area contributed by atoms with E-state index in [2.05, 4.69) is 25.3 Å². The molecular formula is C29H25FN6O2. The van der Waals surface area contributed by atoms with Gasteiger partial charge < -0.3 is 15.2 Å². The highest BCUT2D eigenvalue weighted by Crippen LogP contribution is 2.36. The summed E-state index contributed by atoms with van der Waals surface area (Å²) >= 11 is 0. The molecule has 0 spiro atoms. The molecule has 1 aliphatic rings. The molecule has 0 radical (unpaired) electrons. The van der Waals surface area contributed by atoms with E-state index in [1.807, 2.05) is 23.1 Å². The minimum Gasteiger partial charge on any atom is -0.352 e. The smallest absolute Gasteiger partial charge is 0.251 e. The zero-order chi connectivity index (χ0) is 26.1. The first-order valence-electron chi connectivity index (χ1n) is 12.6. The number of nitrogens with one attached hydrogen (secondary N) is 2. The van der Waals surface area contributed by atoms with Gasteiger partial charge in [-0.05, 0) is 48.7 Å². The predicted octanol–water partition coefficient (Wildman–Crippen LogP) is 4.72. The standard InChI is InChI=1S/C29H25FN6O2/c30-22-16-34-28-27(21-14-23(33-17-24(21)35-28)20-4-1-10-31-15-20)26(22)18-6-8-19(9-7-18)29(38)32-11-3-13-36-12-2-5-25(36)37/h1,4,6-10,14-17H,2-3,5,11-13H2,(H,32,38)(H,34,35). The zero-order valence-electron chi connectivity index (χ0n) is 20.6. The Balaban J connectivity index is 1.26. The molecule has 190 valence electrons. The molecule has 5 aromatic rings. The predicted molar refractivity (Wildman–Crippen MR) is 143 cm³/mol. The van der Waals surface area contributed by atoms with E-state index in [1.54, 1.807) is 42.9 Å². The van der Waals surface area contributed by atoms with Crippen molar-refractivity contribution < 1.29 is 14.0 Å². The number of likely N-dealkylation sites (tertiary alicyclic amines) is 1. The van der Waals surface area contributed by atoms with Gasteiger partial charge in [0.1, 0.15) is 11.5 Å². The van der Waals surface area contributed by atoms with Crippen molar-refractivity contribution in [3.8, 4) is 22.4 Å². The van der Waals surface area contributed by atoms with Gasteiger partial charge in [-0.25, -0.2) is 9.37 Å². The molecule has 0 aliphatic carbocycles. The van der Waals surface area contributed by atoms with Crippen LogP contribution in [0, 0.1) is 5.82 Å². The summed E-state index contributed by atoms with van der Waals surface area (Å²) in [5.74, 6) is -0.472. The maximum atomic E-state index is 15.2. The number of H-pyrrole nitrogens is 1. The molecule has 0 saturated carbocycles. The number of pyridine rings is 3. The van der Waals surface area contributed by atoms with Gasteiger partial charge in [-0.15, -0.1) is 0 Å². The van der Waals surface area contributed by atoms with Gasteiger partial charge in [0, 0.05) is 65.9 Å². The summed E-state index contributed by atoms with van der Waals surface area (Å²) in [6.45, 7) is 1.93. The third kappa shape index (κ3) is 4.47. The topological polar surface area (TPSA) is 104 Å². The van der Waals surface area contributed by atoms with Crippen LogP contribution in [0.15, 0.2) is 67.3 Å². The molecule has 6 rings (SSSR count). The zero-order valence-corrected chi connectivity index (χ0v) is 20.6. The number of aromatic nitrogens is 4. The van der Waals surface area contributed by atoms with E-state index in [0.717, 1.165) is 35.1 Å². The van der Waals surface area contributed by atoms with Crippen LogP contribution in [-0.2, 0) is 4.79 Å². The van der Waals surface area contributed by atoms with Crippen molar-refractivity contribution >= 4 is 33.8 Å². The van der Waals surface area contributed by atoms with Gasteiger partial charge in [0.25, 0.3) is 5.91 Å². The minimum atomic E-state index is -0.452. The molecule has 0 atom stereocenters. The lowest BCUT2D eigenvalue weighted by atomic mass is 9.99. The number of fused-ring (bicyclic) bond motifs is 3. The number of carbonyl (C=O) groups excluding carboxylic acids is 2. The van der Waals surface area contributed by atoms with Crippen molar-refractivity contribution in [3.05, 3.63) is 78.6 Å². The van der Waals surface area contributed by atoms with Crippen LogP contribution in [0.3, 0.4) is 0 Å². The third-order valence-electron chi connectivity index (χ3n) is 6.91. The first-order chi connectivity index (χ1) is 18.6. The fraction of sp³-hybridized carbons (Fsp3) is 0.207. The van der Waals surface area contributed by atoms with Crippen LogP contribution >= 0.6 is 0 Å². The fourth-order valence-electron chi connectivity index (χ4n) is 4.99. The Morgan fingerprint density at radius 2 is 1.95 bits per heavy atom. The summed E-state index contributed by atoms with van der Waals surface area (Å²) in [6, 6.07) is 12.6. The van der Waals surface area contributed by atoms with Crippen molar-refractivity contribution in [3.63, 3.8) is 0 Å². The molecule has 0 bridgehead atoms. The highest BCUT2D eigenvalue weighted by Gasteiger charge is 2.20. The van der Waals surface area contributed by atoms with Gasteiger partial charge in [-0.3, -0.25) is 19.6 Å². The molecule has 4 aromatic heterocycles. The molecule has 2 amide bonds. The normalized spacial score (nSPS) is 13.5. The number of benzene rings is 1. The lowest BCUT2D eigenvalue weighted by Gasteiger charge is -2.15. The van der Waals surface area contributed by atoms with Crippen molar-refractivity contribution in [2.75, 3.05) is 19.6 Å². The van der Waals surface area contributed by atoms with Gasteiger partial charge in [0.2, 0.25) is 5.91 Å². The first kappa shape index (κ1) is 23.7. The highest BCUT2D eigenvalue weighted by molar-refractivity contribution is 6.13. The lowest BCUT2D eigenvalue weighted by molar-refractivity contribution is -0.127. The number of hydrogen-bond acceptors (Lipinski definition) is 5. The average Bonchev–Trinajstić information content (AvgIpc) is 3.54. The Morgan fingerprint density at radius 1 is 1.08 bits per heavy atom. The SMILES string of the molecule is O=C(NCCCN1CCCC1=O)c1ccc(-c2c(F)cnc3[nH]c4cnc(-c5cccnc5)cc4c23)cc1. The first-order valence-corrected chi connectivity index (χ1v) is 12.6. The highest BCUT2D eigenvalue weighted by atomic mass is 19.1. The van der Waals surface area contributed by atoms with Gasteiger partial charge in [0.05, 0.1) is 23.6 Å². The maximum absolute atomic E-state index is 15.2. The van der Waals surface area contributed by atoms with Crippen molar-refractivity contribution in [2.24, 2.45) is 0 Å². The maximum Gasteiger partial charge on any atom is 0.251 e. The number of aromatic amines is 1. The van der Waals surface area contributed by atoms with Crippen LogP contribution in [0.2, 0.25) is 0 Å². The summed E-state index contributed by atoms with van der Waals surface area (Å²) in [5.41, 5.74) is 4.42. The molecule has 1 aromatic carbocycles. The van der Waals surface area contributed by atoms with Gasteiger partial charge in [0.15, 0.2) is 0 Å². The molecule has 1 fully saturated rings. The summed E-state index contributed by atoms with van der Waals surface area (Å²) in [6.07, 6.45) is 8.58. The van der Waals surface area contributed by atoms with Crippen LogP contribution in [0.5, 0.6) is 0 Å². The number of hydrogen-bond donors (Lipinski definition) is 2. The molecule has 1 aliphatic heterocycles. The summed E-state index contributed by atoms with van der Waals surface area (Å²) < 4.78 is 15.2. The number of rotatable bonds is 7. The van der Waals surface area contributed by atoms with Gasteiger partial charge >= 0.3 is 0 Å². The van der Waals surface area contributed by atoms with Crippen molar-refractivity contribution in [1.82, 2.24) is 30.2 Å². The number of amides is 2. The molecule has 5 heterocycles. The van der Waals surface area contributed by atoms with Crippen molar-refractivity contribution in [2.45, 2.75) is 19.3 Å². The second kappa shape index (κ2) is 10.0. The number of halogens is 1. The molecule has 0 unspecified atom stereocenters. The van der Waals surface area contributed by atoms with Crippen LogP contribution < -0.4 is 5.32 Å². The Morgan fingerprint density at radius 3 is 2.71 bits per heavy atom. The Hall–Kier alpha value is -4.66. The summed E-state index contributed by atoms with van der Waals surface area (Å²) in [4.78, 5) is 42.4. The van der Waals surface area contributed by atoms with E-state index in [9.17, 15) is 9.59 Å². The lowest BCUT2D eigenvalue weighted by Crippen LogP contribution is -2.30. The molecule has 8 nitrogen and oxygen atoms in total. The molecule has 2 N–H and O–H groups in total. The number of nitrogens with zero attached hydrogens (tertiary/aromatic N) is 4. The Labute approximate surface area is 217 Å². The average molecular weight is 509 g/mol. The second-order valence-corrected chi connectivity index (χ2v) is 9.36. The minimum absolute atomic E-state index is 0.184. The van der Waals surface area contributed by atoms with Crippen LogP contribution in [-0.4, -0.2) is 56.3 Å². The molecule has 38 heavy (non-hydrogen) atoms. The van der Waals surface area contributed by atoms with Gasteiger partial charge in [-0.2, -0.15) is 0 Å². The van der Waals surface area contributed by atoms with Crippen molar-refractivity contribution in [1.29, 1.82) is 0 Å².